The van der Waals surface area contributed by atoms with Gasteiger partial charge in [0.05, 0.1) is 11.7 Å². The van der Waals surface area contributed by atoms with Gasteiger partial charge in [0, 0.05) is 33.5 Å². The van der Waals surface area contributed by atoms with Gasteiger partial charge in [-0.1, -0.05) is 48.9 Å². The molecule has 8 heteroatoms. The quantitative estimate of drug-likeness (QED) is 0.238. The van der Waals surface area contributed by atoms with Crippen LogP contribution in [0.25, 0.3) is 11.1 Å². The minimum atomic E-state index is -1.07. The second-order valence-corrected chi connectivity index (χ2v) is 9.27. The first kappa shape index (κ1) is 23.5. The van der Waals surface area contributed by atoms with E-state index in [2.05, 4.69) is 10.3 Å². The summed E-state index contributed by atoms with van der Waals surface area (Å²) in [5, 5.41) is 7.36. The van der Waals surface area contributed by atoms with Crippen molar-refractivity contribution in [3.63, 3.8) is 0 Å². The van der Waals surface area contributed by atoms with E-state index in [1.165, 1.54) is 11.3 Å². The fourth-order valence-electron chi connectivity index (χ4n) is 3.78. The molecule has 1 aromatic carbocycles. The first-order valence-corrected chi connectivity index (χ1v) is 12.4. The number of ether oxygens (including phenoxy) is 1. The topological polar surface area (TPSA) is 68.3 Å². The first-order valence-electron chi connectivity index (χ1n) is 10.6. The Morgan fingerprint density at radius 2 is 2.06 bits per heavy atom. The van der Waals surface area contributed by atoms with Gasteiger partial charge >= 0.3 is 0 Å². The number of piperidine rings is 1. The average Bonchev–Trinajstić information content (AvgIpc) is 3.33. The Kier molecular flexibility index (Phi) is 7.53. The summed E-state index contributed by atoms with van der Waals surface area (Å²) in [6, 6.07) is 10.7. The number of allylic oxidation sites excluding steroid dienone is 1. The van der Waals surface area contributed by atoms with Crippen molar-refractivity contribution >= 4 is 47.3 Å². The van der Waals surface area contributed by atoms with Gasteiger partial charge in [0.15, 0.2) is 5.78 Å². The third-order valence-corrected chi connectivity index (χ3v) is 6.92. The average molecular weight is 499 g/mol. The highest BCUT2D eigenvalue weighted by molar-refractivity contribution is 7.80. The standard InChI is InChI=1S/C25H23ClN2O3S2/c1-2-3-6-10-31-21-12-17(16-7-4-5-8-18(16)26)24(32)23(28-21)22-20(29)13-19(27-25(22)30)15-9-11-33-14-15/h3-9,11-12,14,19,22,32H,2,10,13H2,1H3,(H,27,30). The third-order valence-electron chi connectivity index (χ3n) is 5.41. The van der Waals surface area contributed by atoms with Gasteiger partial charge in [0.2, 0.25) is 11.8 Å². The highest BCUT2D eigenvalue weighted by Crippen LogP contribution is 2.40. The van der Waals surface area contributed by atoms with Crippen molar-refractivity contribution in [2.24, 2.45) is 0 Å². The summed E-state index contributed by atoms with van der Waals surface area (Å²) in [6.45, 7) is 2.36. The molecule has 0 radical (unpaired) electrons. The summed E-state index contributed by atoms with van der Waals surface area (Å²) in [7, 11) is 0. The predicted octanol–water partition coefficient (Wildman–Crippen LogP) is 6.01. The Morgan fingerprint density at radius 3 is 2.76 bits per heavy atom. The van der Waals surface area contributed by atoms with Crippen LogP contribution in [0, 0.1) is 0 Å². The molecular formula is C25H23ClN2O3S2. The first-order chi connectivity index (χ1) is 16.0. The Bertz CT molecular complexity index is 1180. The number of nitrogens with zero attached hydrogens (tertiary/aromatic N) is 1. The number of thiol groups is 1. The van der Waals surface area contributed by atoms with Gasteiger partial charge < -0.3 is 10.1 Å². The number of carbonyl (C=O) groups excluding carboxylic acids is 2. The van der Waals surface area contributed by atoms with E-state index in [9.17, 15) is 9.59 Å². The molecule has 1 amide bonds. The van der Waals surface area contributed by atoms with Crippen molar-refractivity contribution in [2.45, 2.75) is 36.6 Å². The van der Waals surface area contributed by atoms with Crippen LogP contribution in [0.5, 0.6) is 5.88 Å². The largest absolute Gasteiger partial charge is 0.473 e. The van der Waals surface area contributed by atoms with Gasteiger partial charge in [-0.25, -0.2) is 4.98 Å². The van der Waals surface area contributed by atoms with Crippen molar-refractivity contribution in [1.82, 2.24) is 10.3 Å². The number of thiophene rings is 1. The Hall–Kier alpha value is -2.61. The van der Waals surface area contributed by atoms with Crippen molar-refractivity contribution < 1.29 is 14.3 Å². The molecule has 1 aliphatic heterocycles. The number of halogens is 1. The molecule has 2 aromatic heterocycles. The number of rotatable bonds is 7. The highest BCUT2D eigenvalue weighted by Gasteiger charge is 2.39. The number of benzene rings is 1. The van der Waals surface area contributed by atoms with Gasteiger partial charge in [-0.3, -0.25) is 9.59 Å². The van der Waals surface area contributed by atoms with Crippen molar-refractivity contribution in [1.29, 1.82) is 0 Å². The number of carbonyl (C=O) groups is 2. The number of nitrogens with one attached hydrogen (secondary N) is 1. The molecule has 5 nitrogen and oxygen atoms in total. The zero-order valence-corrected chi connectivity index (χ0v) is 20.4. The van der Waals surface area contributed by atoms with Gasteiger partial charge in [-0.15, -0.1) is 12.6 Å². The number of aromatic nitrogens is 1. The molecule has 4 rings (SSSR count). The normalized spacial score (nSPS) is 18.5. The van der Waals surface area contributed by atoms with Crippen molar-refractivity contribution in [3.05, 3.63) is 75.6 Å². The highest BCUT2D eigenvalue weighted by atomic mass is 35.5. The molecule has 33 heavy (non-hydrogen) atoms. The summed E-state index contributed by atoms with van der Waals surface area (Å²) < 4.78 is 5.83. The van der Waals surface area contributed by atoms with Crippen LogP contribution >= 0.6 is 35.6 Å². The van der Waals surface area contributed by atoms with Crippen LogP contribution in [-0.2, 0) is 9.59 Å². The van der Waals surface area contributed by atoms with E-state index >= 15 is 0 Å². The van der Waals surface area contributed by atoms with E-state index in [1.54, 1.807) is 12.1 Å². The maximum Gasteiger partial charge on any atom is 0.237 e. The summed E-state index contributed by atoms with van der Waals surface area (Å²) in [5.74, 6) is -1.35. The van der Waals surface area contributed by atoms with E-state index < -0.39 is 11.8 Å². The molecule has 170 valence electrons. The number of ketones is 1. The predicted molar refractivity (Wildman–Crippen MR) is 134 cm³/mol. The lowest BCUT2D eigenvalue weighted by Crippen LogP contribution is -2.43. The van der Waals surface area contributed by atoms with Crippen LogP contribution in [-0.4, -0.2) is 23.3 Å². The zero-order chi connectivity index (χ0) is 23.4. The molecule has 1 aliphatic rings. The van der Waals surface area contributed by atoms with Crippen LogP contribution < -0.4 is 10.1 Å². The molecule has 1 saturated heterocycles. The minimum Gasteiger partial charge on any atom is -0.473 e. The van der Waals surface area contributed by atoms with Gasteiger partial charge in [-0.05, 0) is 34.9 Å². The number of hydrogen-bond donors (Lipinski definition) is 2. The Morgan fingerprint density at radius 1 is 1.24 bits per heavy atom. The van der Waals surface area contributed by atoms with Crippen LogP contribution in [0.4, 0.5) is 0 Å². The van der Waals surface area contributed by atoms with E-state index in [4.69, 9.17) is 29.0 Å². The molecule has 0 spiro atoms. The molecule has 3 heterocycles. The number of Topliss-reactive ketones (excluding diaryl/α,β-unsaturated/α-hetero) is 1. The van der Waals surface area contributed by atoms with Gasteiger partial charge in [0.1, 0.15) is 12.5 Å². The maximum atomic E-state index is 13.2. The summed E-state index contributed by atoms with van der Waals surface area (Å²) in [6.07, 6.45) is 4.97. The van der Waals surface area contributed by atoms with Crippen molar-refractivity contribution in [3.8, 4) is 17.0 Å². The molecule has 1 N–H and O–H groups in total. The number of hydrogen-bond acceptors (Lipinski definition) is 6. The summed E-state index contributed by atoms with van der Waals surface area (Å²) >= 11 is 12.7. The van der Waals surface area contributed by atoms with E-state index in [-0.39, 0.29) is 23.9 Å². The van der Waals surface area contributed by atoms with Crippen molar-refractivity contribution in [2.75, 3.05) is 6.61 Å². The van der Waals surface area contributed by atoms with Crippen LogP contribution in [0.2, 0.25) is 5.02 Å². The fraction of sp³-hybridized carbons (Fsp3) is 0.240. The lowest BCUT2D eigenvalue weighted by Gasteiger charge is -2.28. The second-order valence-electron chi connectivity index (χ2n) is 7.63. The second kappa shape index (κ2) is 10.5. The molecule has 3 aromatic rings. The molecule has 1 fully saturated rings. The molecule has 2 atom stereocenters. The van der Waals surface area contributed by atoms with Crippen LogP contribution in [0.15, 0.2) is 64.2 Å². The number of pyridine rings is 1. The lowest BCUT2D eigenvalue weighted by atomic mass is 9.86. The molecule has 0 aliphatic carbocycles. The smallest absolute Gasteiger partial charge is 0.237 e. The van der Waals surface area contributed by atoms with Crippen LogP contribution in [0.3, 0.4) is 0 Å². The lowest BCUT2D eigenvalue weighted by molar-refractivity contribution is -0.134. The number of amides is 1. The molecule has 0 saturated carbocycles. The summed E-state index contributed by atoms with van der Waals surface area (Å²) in [4.78, 5) is 31.3. The maximum absolute atomic E-state index is 13.2. The third kappa shape index (κ3) is 5.16. The van der Waals surface area contributed by atoms with Gasteiger partial charge in [0.25, 0.3) is 0 Å². The Labute approximate surface area is 207 Å². The summed E-state index contributed by atoms with van der Waals surface area (Å²) in [5.41, 5.74) is 2.58. The minimum absolute atomic E-state index is 0.188. The van der Waals surface area contributed by atoms with E-state index in [1.807, 2.05) is 54.1 Å². The monoisotopic (exact) mass is 498 g/mol. The molecule has 0 bridgehead atoms. The van der Waals surface area contributed by atoms with E-state index in [0.717, 1.165) is 17.5 Å². The van der Waals surface area contributed by atoms with Crippen LogP contribution in [0.1, 0.15) is 43.0 Å². The van der Waals surface area contributed by atoms with Gasteiger partial charge in [-0.2, -0.15) is 11.3 Å². The fourth-order valence-corrected chi connectivity index (χ4v) is 5.10. The molecule has 2 unspecified atom stereocenters. The zero-order valence-electron chi connectivity index (χ0n) is 18.0. The SMILES string of the molecule is CCC=CCOc1cc(-c2ccccc2Cl)c(S)c(C2C(=O)CC(c3ccsc3)NC2=O)n1. The van der Waals surface area contributed by atoms with E-state index in [0.29, 0.717) is 28.0 Å². The molecular weight excluding hydrogens is 476 g/mol. The Balaban J connectivity index is 1.74.